The third kappa shape index (κ3) is 2.86. The second-order valence-corrected chi connectivity index (χ2v) is 5.20. The molecule has 0 spiro atoms. The highest BCUT2D eigenvalue weighted by molar-refractivity contribution is 5.94. The van der Waals surface area contributed by atoms with Gasteiger partial charge in [-0.15, -0.1) is 0 Å². The molecular formula is C16H14FNO4. The predicted molar refractivity (Wildman–Crippen MR) is 75.8 cm³/mol. The Morgan fingerprint density at radius 1 is 1.23 bits per heavy atom. The van der Waals surface area contributed by atoms with Crippen LogP contribution in [0.25, 0.3) is 11.3 Å². The van der Waals surface area contributed by atoms with Crippen LogP contribution in [-0.2, 0) is 4.79 Å². The van der Waals surface area contributed by atoms with Gasteiger partial charge in [0.05, 0.1) is 5.56 Å². The highest BCUT2D eigenvalue weighted by Crippen LogP contribution is 2.30. The normalized spacial score (nSPS) is 13.9. The van der Waals surface area contributed by atoms with E-state index in [0.29, 0.717) is 0 Å². The van der Waals surface area contributed by atoms with Crippen molar-refractivity contribution in [1.82, 2.24) is 4.90 Å². The molecule has 1 aliphatic rings. The molecule has 1 aromatic heterocycles. The Morgan fingerprint density at radius 2 is 1.95 bits per heavy atom. The van der Waals surface area contributed by atoms with Crippen molar-refractivity contribution in [2.75, 3.05) is 6.54 Å². The monoisotopic (exact) mass is 303 g/mol. The second kappa shape index (κ2) is 5.63. The molecule has 1 fully saturated rings. The van der Waals surface area contributed by atoms with Crippen LogP contribution in [0.4, 0.5) is 4.39 Å². The SMILES string of the molecule is O=C(O)CN(C(=O)c1ccc(-c2ccccc2F)o1)C1CC1. The third-order valence-corrected chi connectivity index (χ3v) is 3.51. The lowest BCUT2D eigenvalue weighted by molar-refractivity contribution is -0.137. The van der Waals surface area contributed by atoms with Crippen LogP contribution < -0.4 is 0 Å². The van der Waals surface area contributed by atoms with Gasteiger partial charge in [0.15, 0.2) is 5.76 Å². The molecule has 0 saturated heterocycles. The molecule has 22 heavy (non-hydrogen) atoms. The average Bonchev–Trinajstić information content (AvgIpc) is 3.21. The van der Waals surface area contributed by atoms with E-state index in [1.807, 2.05) is 0 Å². The number of carboxylic acids is 1. The molecule has 6 heteroatoms. The van der Waals surface area contributed by atoms with Crippen molar-refractivity contribution in [2.45, 2.75) is 18.9 Å². The van der Waals surface area contributed by atoms with Gasteiger partial charge in [-0.3, -0.25) is 9.59 Å². The number of rotatable bonds is 5. The fourth-order valence-corrected chi connectivity index (χ4v) is 2.30. The van der Waals surface area contributed by atoms with E-state index in [1.165, 1.54) is 23.1 Å². The molecule has 114 valence electrons. The number of hydrogen-bond donors (Lipinski definition) is 1. The van der Waals surface area contributed by atoms with Crippen LogP contribution in [0.5, 0.6) is 0 Å². The first kappa shape index (κ1) is 14.3. The smallest absolute Gasteiger partial charge is 0.323 e. The van der Waals surface area contributed by atoms with Crippen LogP contribution in [0.3, 0.4) is 0 Å². The summed E-state index contributed by atoms with van der Waals surface area (Å²) in [6, 6.07) is 9.00. The molecule has 2 aromatic rings. The summed E-state index contributed by atoms with van der Waals surface area (Å²) in [7, 11) is 0. The summed E-state index contributed by atoms with van der Waals surface area (Å²) >= 11 is 0. The minimum absolute atomic E-state index is 0.0198. The summed E-state index contributed by atoms with van der Waals surface area (Å²) in [5.74, 6) is -1.73. The molecule has 0 aliphatic heterocycles. The fraction of sp³-hybridized carbons (Fsp3) is 0.250. The van der Waals surface area contributed by atoms with Crippen molar-refractivity contribution in [3.8, 4) is 11.3 Å². The summed E-state index contributed by atoms with van der Waals surface area (Å²) in [5, 5.41) is 8.90. The third-order valence-electron chi connectivity index (χ3n) is 3.51. The van der Waals surface area contributed by atoms with Gasteiger partial charge in [-0.25, -0.2) is 4.39 Å². The van der Waals surface area contributed by atoms with Crippen LogP contribution in [0, 0.1) is 5.82 Å². The summed E-state index contributed by atoms with van der Waals surface area (Å²) in [5.41, 5.74) is 0.262. The molecule has 0 radical (unpaired) electrons. The van der Waals surface area contributed by atoms with Gasteiger partial charge in [-0.1, -0.05) is 12.1 Å². The number of aliphatic carboxylic acids is 1. The Labute approximate surface area is 126 Å². The van der Waals surface area contributed by atoms with Crippen molar-refractivity contribution >= 4 is 11.9 Å². The van der Waals surface area contributed by atoms with E-state index < -0.39 is 17.7 Å². The average molecular weight is 303 g/mol. The predicted octanol–water partition coefficient (Wildman–Crippen LogP) is 2.77. The van der Waals surface area contributed by atoms with Crippen LogP contribution in [-0.4, -0.2) is 34.5 Å². The van der Waals surface area contributed by atoms with Gasteiger partial charge in [0.25, 0.3) is 5.91 Å². The maximum atomic E-state index is 13.7. The van der Waals surface area contributed by atoms with Crippen LogP contribution >= 0.6 is 0 Å². The van der Waals surface area contributed by atoms with Gasteiger partial charge < -0.3 is 14.4 Å². The zero-order chi connectivity index (χ0) is 15.7. The number of carbonyl (C=O) groups excluding carboxylic acids is 1. The van der Waals surface area contributed by atoms with Gasteiger partial charge in [-0.05, 0) is 37.1 Å². The minimum atomic E-state index is -1.07. The highest BCUT2D eigenvalue weighted by Gasteiger charge is 2.35. The Kier molecular flexibility index (Phi) is 3.66. The van der Waals surface area contributed by atoms with E-state index in [4.69, 9.17) is 9.52 Å². The molecule has 0 atom stereocenters. The van der Waals surface area contributed by atoms with Crippen molar-refractivity contribution in [3.05, 3.63) is 48.0 Å². The number of carboxylic acid groups (broad SMARTS) is 1. The molecule has 1 N–H and O–H groups in total. The van der Waals surface area contributed by atoms with E-state index in [9.17, 15) is 14.0 Å². The van der Waals surface area contributed by atoms with Crippen LogP contribution in [0.1, 0.15) is 23.4 Å². The lowest BCUT2D eigenvalue weighted by atomic mass is 10.1. The Morgan fingerprint density at radius 3 is 2.59 bits per heavy atom. The van der Waals surface area contributed by atoms with Crippen LogP contribution in [0.15, 0.2) is 40.8 Å². The number of hydrogen-bond acceptors (Lipinski definition) is 3. The minimum Gasteiger partial charge on any atom is -0.480 e. The largest absolute Gasteiger partial charge is 0.480 e. The van der Waals surface area contributed by atoms with E-state index in [0.717, 1.165) is 12.8 Å². The summed E-state index contributed by atoms with van der Waals surface area (Å²) in [6.07, 6.45) is 1.58. The van der Waals surface area contributed by atoms with Gasteiger partial charge in [0.1, 0.15) is 18.1 Å². The van der Waals surface area contributed by atoms with Gasteiger partial charge >= 0.3 is 5.97 Å². The van der Waals surface area contributed by atoms with Crippen molar-refractivity contribution < 1.29 is 23.5 Å². The lowest BCUT2D eigenvalue weighted by Crippen LogP contribution is -2.37. The van der Waals surface area contributed by atoms with Crippen LogP contribution in [0.2, 0.25) is 0 Å². The summed E-state index contributed by atoms with van der Waals surface area (Å²) in [4.78, 5) is 24.5. The summed E-state index contributed by atoms with van der Waals surface area (Å²) in [6.45, 7) is -0.362. The van der Waals surface area contributed by atoms with E-state index in [1.54, 1.807) is 18.2 Å². The zero-order valence-electron chi connectivity index (χ0n) is 11.7. The molecule has 0 bridgehead atoms. The molecule has 5 nitrogen and oxygen atoms in total. The number of furan rings is 1. The first-order valence-corrected chi connectivity index (χ1v) is 6.94. The number of halogens is 1. The Hall–Kier alpha value is -2.63. The topological polar surface area (TPSA) is 70.8 Å². The molecular weight excluding hydrogens is 289 g/mol. The lowest BCUT2D eigenvalue weighted by Gasteiger charge is -2.18. The van der Waals surface area contributed by atoms with E-state index >= 15 is 0 Å². The number of carbonyl (C=O) groups is 2. The van der Waals surface area contributed by atoms with Crippen molar-refractivity contribution in [3.63, 3.8) is 0 Å². The molecule has 1 amide bonds. The summed E-state index contributed by atoms with van der Waals surface area (Å²) < 4.78 is 19.2. The standard InChI is InChI=1S/C16H14FNO4/c17-12-4-2-1-3-11(12)13-7-8-14(22-13)16(21)18(9-15(19)20)10-5-6-10/h1-4,7-8,10H,5-6,9H2,(H,19,20). The number of benzene rings is 1. The first-order valence-electron chi connectivity index (χ1n) is 6.94. The maximum absolute atomic E-state index is 13.7. The van der Waals surface area contributed by atoms with E-state index in [-0.39, 0.29) is 29.7 Å². The molecule has 1 saturated carbocycles. The van der Waals surface area contributed by atoms with E-state index in [2.05, 4.69) is 0 Å². The van der Waals surface area contributed by atoms with Gasteiger partial charge in [0, 0.05) is 6.04 Å². The second-order valence-electron chi connectivity index (χ2n) is 5.20. The van der Waals surface area contributed by atoms with Crippen molar-refractivity contribution in [1.29, 1.82) is 0 Å². The molecule has 1 aliphatic carbocycles. The zero-order valence-corrected chi connectivity index (χ0v) is 11.7. The number of nitrogens with zero attached hydrogens (tertiary/aromatic N) is 1. The maximum Gasteiger partial charge on any atom is 0.323 e. The molecule has 1 heterocycles. The highest BCUT2D eigenvalue weighted by atomic mass is 19.1. The molecule has 1 aromatic carbocycles. The van der Waals surface area contributed by atoms with Crippen molar-refractivity contribution in [2.24, 2.45) is 0 Å². The Balaban J connectivity index is 1.85. The van der Waals surface area contributed by atoms with Gasteiger partial charge in [-0.2, -0.15) is 0 Å². The molecule has 0 unspecified atom stereocenters. The quantitative estimate of drug-likeness (QED) is 0.922. The van der Waals surface area contributed by atoms with Gasteiger partial charge in [0.2, 0.25) is 0 Å². The Bertz CT molecular complexity index is 720. The first-order chi connectivity index (χ1) is 10.6. The fourth-order valence-electron chi connectivity index (χ4n) is 2.30. The number of amides is 1. The molecule has 3 rings (SSSR count).